The summed E-state index contributed by atoms with van der Waals surface area (Å²) in [5, 5.41) is 0.278. The summed E-state index contributed by atoms with van der Waals surface area (Å²) < 4.78 is 27.9. The number of hydrogen-bond acceptors (Lipinski definition) is 4. The van der Waals surface area contributed by atoms with Crippen LogP contribution >= 0.6 is 11.6 Å². The molecule has 7 nitrogen and oxygen atoms in total. The van der Waals surface area contributed by atoms with Crippen LogP contribution in [-0.4, -0.2) is 18.4 Å². The van der Waals surface area contributed by atoms with Crippen LogP contribution in [0.2, 0.25) is 5.02 Å². The molecule has 0 atom stereocenters. The SMILES string of the molecule is Cc1ccc(NS(=O)(=O)c2cc3[nH]c(=O)c(=O)[nH]c3cc2C)c(Cl)c1. The Balaban J connectivity index is 2.13. The van der Waals surface area contributed by atoms with Gasteiger partial charge in [0.1, 0.15) is 0 Å². The summed E-state index contributed by atoms with van der Waals surface area (Å²) in [5.74, 6) is 0. The van der Waals surface area contributed by atoms with Crippen molar-refractivity contribution in [3.8, 4) is 0 Å². The molecule has 1 heterocycles. The molecule has 3 rings (SSSR count). The van der Waals surface area contributed by atoms with Crippen LogP contribution in [0.15, 0.2) is 44.8 Å². The molecule has 25 heavy (non-hydrogen) atoms. The van der Waals surface area contributed by atoms with Gasteiger partial charge >= 0.3 is 11.1 Å². The number of aromatic nitrogens is 2. The van der Waals surface area contributed by atoms with Crippen molar-refractivity contribution in [2.24, 2.45) is 0 Å². The molecule has 0 unspecified atom stereocenters. The number of nitrogens with one attached hydrogen (secondary N) is 3. The average Bonchev–Trinajstić information content (AvgIpc) is 2.51. The van der Waals surface area contributed by atoms with Gasteiger partial charge < -0.3 is 9.97 Å². The number of aryl methyl sites for hydroxylation is 2. The second-order valence-electron chi connectivity index (χ2n) is 5.66. The molecule has 0 aliphatic rings. The predicted octanol–water partition coefficient (Wildman–Crippen LogP) is 2.29. The smallest absolute Gasteiger partial charge is 0.314 e. The number of rotatable bonds is 3. The van der Waals surface area contributed by atoms with Crippen LogP contribution in [0.3, 0.4) is 0 Å². The number of fused-ring (bicyclic) bond motifs is 1. The van der Waals surface area contributed by atoms with E-state index >= 15 is 0 Å². The summed E-state index contributed by atoms with van der Waals surface area (Å²) in [6.07, 6.45) is 0. The molecule has 0 saturated heterocycles. The minimum Gasteiger partial charge on any atom is -0.316 e. The normalized spacial score (nSPS) is 11.6. The lowest BCUT2D eigenvalue weighted by molar-refractivity contribution is 0.600. The lowest BCUT2D eigenvalue weighted by Gasteiger charge is -2.13. The van der Waals surface area contributed by atoms with Gasteiger partial charge in [-0.1, -0.05) is 17.7 Å². The topological polar surface area (TPSA) is 112 Å². The van der Waals surface area contributed by atoms with Crippen molar-refractivity contribution in [2.45, 2.75) is 18.7 Å². The van der Waals surface area contributed by atoms with E-state index in [-0.39, 0.29) is 21.1 Å². The molecule has 3 N–H and O–H groups in total. The Kier molecular flexibility index (Phi) is 4.18. The Morgan fingerprint density at radius 1 is 0.960 bits per heavy atom. The highest BCUT2D eigenvalue weighted by Gasteiger charge is 2.19. The monoisotopic (exact) mass is 379 g/mol. The van der Waals surface area contributed by atoms with Crippen LogP contribution in [0.25, 0.3) is 11.0 Å². The molecule has 3 aromatic rings. The van der Waals surface area contributed by atoms with E-state index in [2.05, 4.69) is 14.7 Å². The number of sulfonamides is 1. The van der Waals surface area contributed by atoms with Crippen molar-refractivity contribution in [1.82, 2.24) is 9.97 Å². The Bertz CT molecular complexity index is 1210. The molecule has 9 heteroatoms. The van der Waals surface area contributed by atoms with Crippen molar-refractivity contribution in [3.63, 3.8) is 0 Å². The third-order valence-corrected chi connectivity index (χ3v) is 5.50. The minimum atomic E-state index is -3.94. The highest BCUT2D eigenvalue weighted by Crippen LogP contribution is 2.27. The van der Waals surface area contributed by atoms with E-state index < -0.39 is 21.1 Å². The van der Waals surface area contributed by atoms with Gasteiger partial charge in [-0.15, -0.1) is 0 Å². The van der Waals surface area contributed by atoms with Gasteiger partial charge in [0.2, 0.25) is 0 Å². The molecule has 0 aliphatic carbocycles. The molecule has 2 aromatic carbocycles. The Labute approximate surface area is 147 Å². The first-order valence-corrected chi connectivity index (χ1v) is 9.09. The zero-order valence-corrected chi connectivity index (χ0v) is 14.9. The third kappa shape index (κ3) is 3.31. The standard InChI is InChI=1S/C16H14ClN3O4S/c1-8-3-4-11(10(17)5-8)20-25(23,24)14-7-13-12(6-9(14)2)18-15(21)16(22)19-13/h3-7,20H,1-2H3,(H,18,21)(H,19,22). The van der Waals surface area contributed by atoms with Gasteiger partial charge in [0.15, 0.2) is 0 Å². The number of anilines is 1. The fourth-order valence-corrected chi connectivity index (χ4v) is 4.12. The molecule has 0 amide bonds. The van der Waals surface area contributed by atoms with Crippen molar-refractivity contribution in [1.29, 1.82) is 0 Å². The molecule has 0 aliphatic heterocycles. The zero-order valence-electron chi connectivity index (χ0n) is 13.3. The van der Waals surface area contributed by atoms with Crippen LogP contribution < -0.4 is 15.8 Å². The first-order valence-electron chi connectivity index (χ1n) is 7.23. The molecule has 1 aromatic heterocycles. The lowest BCUT2D eigenvalue weighted by atomic mass is 10.2. The van der Waals surface area contributed by atoms with Gasteiger partial charge in [0, 0.05) is 0 Å². The number of H-pyrrole nitrogens is 2. The van der Waals surface area contributed by atoms with Crippen LogP contribution in [0.1, 0.15) is 11.1 Å². The second-order valence-corrected chi connectivity index (χ2v) is 7.72. The maximum atomic E-state index is 12.7. The summed E-state index contributed by atoms with van der Waals surface area (Å²) in [4.78, 5) is 27.6. The highest BCUT2D eigenvalue weighted by molar-refractivity contribution is 7.92. The number of hydrogen-bond donors (Lipinski definition) is 3. The van der Waals surface area contributed by atoms with E-state index in [1.165, 1.54) is 12.1 Å². The largest absolute Gasteiger partial charge is 0.316 e. The molecular formula is C16H14ClN3O4S. The van der Waals surface area contributed by atoms with Gasteiger partial charge in [-0.2, -0.15) is 0 Å². The van der Waals surface area contributed by atoms with Crippen molar-refractivity contribution >= 4 is 38.3 Å². The molecule has 0 bridgehead atoms. The minimum absolute atomic E-state index is 0.0284. The van der Waals surface area contributed by atoms with Crippen molar-refractivity contribution in [3.05, 3.63) is 67.2 Å². The van der Waals surface area contributed by atoms with Crippen molar-refractivity contribution in [2.75, 3.05) is 4.72 Å². The molecule has 130 valence electrons. The van der Waals surface area contributed by atoms with E-state index in [0.717, 1.165) is 5.56 Å². The highest BCUT2D eigenvalue weighted by atomic mass is 35.5. The summed E-state index contributed by atoms with van der Waals surface area (Å²) in [6.45, 7) is 3.43. The van der Waals surface area contributed by atoms with Crippen LogP contribution in [0.4, 0.5) is 5.69 Å². The number of aromatic amines is 2. The van der Waals surface area contributed by atoms with Gasteiger partial charge in [-0.3, -0.25) is 14.3 Å². The van der Waals surface area contributed by atoms with E-state index in [9.17, 15) is 18.0 Å². The number of halogens is 1. The summed E-state index contributed by atoms with van der Waals surface area (Å²) in [7, 11) is -3.94. The fourth-order valence-electron chi connectivity index (χ4n) is 2.45. The maximum Gasteiger partial charge on any atom is 0.314 e. The Hall–Kier alpha value is -2.58. The molecule has 0 radical (unpaired) electrons. The summed E-state index contributed by atoms with van der Waals surface area (Å²) in [6, 6.07) is 7.74. The summed E-state index contributed by atoms with van der Waals surface area (Å²) in [5.41, 5.74) is 0.463. The van der Waals surface area contributed by atoms with Crippen molar-refractivity contribution < 1.29 is 8.42 Å². The first kappa shape index (κ1) is 17.2. The Morgan fingerprint density at radius 3 is 2.16 bits per heavy atom. The van der Waals surface area contributed by atoms with Gasteiger partial charge in [-0.25, -0.2) is 8.42 Å². The van der Waals surface area contributed by atoms with Gasteiger partial charge in [-0.05, 0) is 49.2 Å². The molecule has 0 saturated carbocycles. The molecule has 0 spiro atoms. The van der Waals surface area contributed by atoms with Crippen LogP contribution in [0.5, 0.6) is 0 Å². The maximum absolute atomic E-state index is 12.7. The van der Waals surface area contributed by atoms with E-state index in [1.807, 2.05) is 6.92 Å². The third-order valence-electron chi connectivity index (χ3n) is 3.68. The molecule has 0 fully saturated rings. The average molecular weight is 380 g/mol. The van der Waals surface area contributed by atoms with E-state index in [0.29, 0.717) is 11.1 Å². The summed E-state index contributed by atoms with van der Waals surface area (Å²) >= 11 is 6.08. The lowest BCUT2D eigenvalue weighted by Crippen LogP contribution is -2.29. The Morgan fingerprint density at radius 2 is 1.56 bits per heavy atom. The predicted molar refractivity (Wildman–Crippen MR) is 96.9 cm³/mol. The fraction of sp³-hybridized carbons (Fsp3) is 0.125. The van der Waals surface area contributed by atoms with E-state index in [1.54, 1.807) is 25.1 Å². The number of benzene rings is 2. The van der Waals surface area contributed by atoms with Gasteiger partial charge in [0.05, 0.1) is 26.6 Å². The van der Waals surface area contributed by atoms with Crippen LogP contribution in [-0.2, 0) is 10.0 Å². The van der Waals surface area contributed by atoms with Gasteiger partial charge in [0.25, 0.3) is 10.0 Å². The van der Waals surface area contributed by atoms with E-state index in [4.69, 9.17) is 11.6 Å². The molecular weight excluding hydrogens is 366 g/mol. The van der Waals surface area contributed by atoms with Crippen LogP contribution in [0, 0.1) is 13.8 Å². The second kappa shape index (κ2) is 6.05. The first-order chi connectivity index (χ1) is 11.7. The zero-order chi connectivity index (χ0) is 18.4. The quantitative estimate of drug-likeness (QED) is 0.606.